The summed E-state index contributed by atoms with van der Waals surface area (Å²) >= 11 is 2.55. The van der Waals surface area contributed by atoms with Crippen LogP contribution in [-0.4, -0.2) is 92.0 Å². The van der Waals surface area contributed by atoms with Crippen LogP contribution < -0.4 is 16.1 Å². The number of aromatic hydroxyl groups is 1. The summed E-state index contributed by atoms with van der Waals surface area (Å²) in [6.45, 7) is 0. The van der Waals surface area contributed by atoms with Gasteiger partial charge in [-0.25, -0.2) is 4.79 Å². The van der Waals surface area contributed by atoms with Gasteiger partial charge in [-0.2, -0.15) is 0 Å². The van der Waals surface area contributed by atoms with Crippen molar-refractivity contribution in [2.45, 2.75) is 22.5 Å². The van der Waals surface area contributed by atoms with E-state index in [0.717, 1.165) is 11.0 Å². The van der Waals surface area contributed by atoms with E-state index in [0.29, 0.717) is 16.2 Å². The molecule has 1 aromatic carbocycles. The lowest BCUT2D eigenvalue weighted by Crippen LogP contribution is -2.71. The number of hydrogen-bond donors (Lipinski definition) is 5. The molecule has 0 bridgehead atoms. The van der Waals surface area contributed by atoms with Crippen molar-refractivity contribution in [3.8, 4) is 5.75 Å². The number of phenolic OH excluding ortho intramolecular Hbond substituents is 1. The number of amides is 3. The summed E-state index contributed by atoms with van der Waals surface area (Å²) < 4.78 is 1.25. The van der Waals surface area contributed by atoms with Crippen molar-refractivity contribution in [3.63, 3.8) is 0 Å². The van der Waals surface area contributed by atoms with Crippen LogP contribution in [0.15, 0.2) is 75.9 Å². The molecule has 44 heavy (non-hydrogen) atoms. The van der Waals surface area contributed by atoms with Gasteiger partial charge in [0.2, 0.25) is 5.91 Å². The molecule has 3 atom stereocenters. The first-order valence-electron chi connectivity index (χ1n) is 12.9. The third-order valence-corrected chi connectivity index (χ3v) is 9.17. The Hall–Kier alpha value is -5.23. The molecule has 1 saturated heterocycles. The predicted octanol–water partition coefficient (Wildman–Crippen LogP) is -0.0848. The molecule has 0 spiro atoms. The van der Waals surface area contributed by atoms with Gasteiger partial charge < -0.3 is 25.8 Å². The van der Waals surface area contributed by atoms with Crippen LogP contribution in [0, 0.1) is 0 Å². The first-order valence-corrected chi connectivity index (χ1v) is 14.9. The van der Waals surface area contributed by atoms with Gasteiger partial charge in [-0.3, -0.25) is 24.1 Å². The first kappa shape index (κ1) is 28.9. The Balaban J connectivity index is 1.19. The summed E-state index contributed by atoms with van der Waals surface area (Å²) in [6, 6.07) is 7.60. The van der Waals surface area contributed by atoms with Crippen molar-refractivity contribution in [2.24, 2.45) is 0 Å². The van der Waals surface area contributed by atoms with Gasteiger partial charge in [0.05, 0.1) is 0 Å². The SMILES string of the molecule is O=C(O)C1=C(CSc2ccc3nnnn3n2)CS[C@H]2C(NC(=O)C(NC(=O)c3c[nH]ccc3=O)c3ccc(O)cc3)C(=O)N12. The fourth-order valence-corrected chi connectivity index (χ4v) is 7.01. The average Bonchev–Trinajstić information content (AvgIpc) is 3.49. The normalized spacial score (nSPS) is 18.4. The molecule has 3 aromatic heterocycles. The smallest absolute Gasteiger partial charge is 0.352 e. The number of carbonyl (C=O) groups is 4. The van der Waals surface area contributed by atoms with E-state index in [1.807, 2.05) is 0 Å². The molecule has 0 saturated carbocycles. The lowest BCUT2D eigenvalue weighted by atomic mass is 10.0. The number of carboxylic acids is 1. The highest BCUT2D eigenvalue weighted by Crippen LogP contribution is 2.41. The number of tetrazole rings is 1. The quantitative estimate of drug-likeness (QED) is 0.120. The number of benzene rings is 1. The monoisotopic (exact) mass is 635 g/mol. The number of phenols is 1. The van der Waals surface area contributed by atoms with Gasteiger partial charge in [0.25, 0.3) is 11.8 Å². The minimum Gasteiger partial charge on any atom is -0.508 e. The van der Waals surface area contributed by atoms with Gasteiger partial charge in [-0.15, -0.1) is 38.4 Å². The highest BCUT2D eigenvalue weighted by molar-refractivity contribution is 8.01. The first-order chi connectivity index (χ1) is 21.2. The summed E-state index contributed by atoms with van der Waals surface area (Å²) in [5.41, 5.74) is 0.279. The minimum atomic E-state index is -1.34. The third-order valence-electron chi connectivity index (χ3n) is 6.82. The number of aliphatic carboxylic acids is 1. The molecule has 0 aliphatic carbocycles. The van der Waals surface area contributed by atoms with Gasteiger partial charge in [-0.05, 0) is 45.8 Å². The van der Waals surface area contributed by atoms with E-state index >= 15 is 0 Å². The number of aromatic nitrogens is 6. The van der Waals surface area contributed by atoms with Crippen molar-refractivity contribution in [3.05, 3.63) is 87.5 Å². The summed E-state index contributed by atoms with van der Waals surface area (Å²) in [5.74, 6) is -3.07. The second-order valence-corrected chi connectivity index (χ2v) is 11.7. The number of rotatable bonds is 9. The number of hydrogen-bond acceptors (Lipinski definition) is 12. The Bertz CT molecular complexity index is 1890. The Morgan fingerprint density at radius 1 is 1.14 bits per heavy atom. The van der Waals surface area contributed by atoms with E-state index in [-0.39, 0.29) is 34.1 Å². The van der Waals surface area contributed by atoms with E-state index in [1.54, 1.807) is 12.1 Å². The van der Waals surface area contributed by atoms with Crippen molar-refractivity contribution < 1.29 is 29.4 Å². The molecule has 224 valence electrons. The van der Waals surface area contributed by atoms with Crippen molar-refractivity contribution in [1.29, 1.82) is 0 Å². The van der Waals surface area contributed by atoms with Crippen molar-refractivity contribution >= 4 is 52.9 Å². The van der Waals surface area contributed by atoms with Gasteiger partial charge >= 0.3 is 5.97 Å². The molecule has 6 rings (SSSR count). The maximum absolute atomic E-state index is 13.5. The molecule has 1 fully saturated rings. The number of pyridine rings is 1. The summed E-state index contributed by atoms with van der Waals surface area (Å²) in [5, 5.41) is 40.1. The zero-order valence-corrected chi connectivity index (χ0v) is 23.9. The Morgan fingerprint density at radius 2 is 1.93 bits per heavy atom. The third kappa shape index (κ3) is 5.47. The van der Waals surface area contributed by atoms with Crippen molar-refractivity contribution in [2.75, 3.05) is 11.5 Å². The number of carbonyl (C=O) groups excluding carboxylic acids is 3. The van der Waals surface area contributed by atoms with E-state index in [2.05, 4.69) is 36.2 Å². The minimum absolute atomic E-state index is 0.0733. The molecule has 18 heteroatoms. The van der Waals surface area contributed by atoms with Gasteiger partial charge in [0, 0.05) is 30.0 Å². The predicted molar refractivity (Wildman–Crippen MR) is 154 cm³/mol. The van der Waals surface area contributed by atoms with Crippen LogP contribution in [0.4, 0.5) is 0 Å². The largest absolute Gasteiger partial charge is 0.508 e. The maximum Gasteiger partial charge on any atom is 0.352 e. The second kappa shape index (κ2) is 11.8. The molecule has 0 radical (unpaired) electrons. The number of nitrogens with one attached hydrogen (secondary N) is 3. The average molecular weight is 636 g/mol. The van der Waals surface area contributed by atoms with Crippen molar-refractivity contribution in [1.82, 2.24) is 45.8 Å². The van der Waals surface area contributed by atoms with Crippen LogP contribution in [0.1, 0.15) is 22.0 Å². The standard InChI is InChI=1S/C26H21N9O7S2/c36-14-3-1-12(2-4-14)19(28-22(38)15-9-27-8-7-16(15)37)23(39)29-20-24(40)34-21(26(41)42)13(11-44-25(20)34)10-43-18-6-5-17-30-32-33-35(17)31-18/h1-9,19-20,25,36H,10-11H2,(H,27,37)(H,28,38)(H,29,39)(H,41,42)/t19?,20?,25-/m0/s1. The Kier molecular flexibility index (Phi) is 7.75. The fraction of sp³-hybridized carbons (Fsp3) is 0.192. The highest BCUT2D eigenvalue weighted by atomic mass is 32.2. The Labute approximate surface area is 254 Å². The molecule has 4 aromatic rings. The number of nitrogens with zero attached hydrogens (tertiary/aromatic N) is 6. The number of H-pyrrole nitrogens is 1. The van der Waals surface area contributed by atoms with Gasteiger partial charge in [0.1, 0.15) is 39.5 Å². The van der Waals surface area contributed by atoms with Crippen LogP contribution in [0.25, 0.3) is 5.65 Å². The lowest BCUT2D eigenvalue weighted by molar-refractivity contribution is -0.151. The highest BCUT2D eigenvalue weighted by Gasteiger charge is 2.54. The number of carboxylic acid groups (broad SMARTS) is 1. The van der Waals surface area contributed by atoms with Crippen LogP contribution in [0.3, 0.4) is 0 Å². The molecule has 5 N–H and O–H groups in total. The number of thioether (sulfide) groups is 2. The summed E-state index contributed by atoms with van der Waals surface area (Å²) in [4.78, 5) is 67.9. The number of aromatic amines is 1. The van der Waals surface area contributed by atoms with Crippen LogP contribution in [0.2, 0.25) is 0 Å². The second-order valence-electron chi connectivity index (χ2n) is 9.56. The Morgan fingerprint density at radius 3 is 2.68 bits per heavy atom. The molecule has 3 amide bonds. The zero-order valence-electron chi connectivity index (χ0n) is 22.3. The molecule has 16 nitrogen and oxygen atoms in total. The molecule has 2 unspecified atom stereocenters. The number of β-lactam (4-membered cyclic amide) rings is 1. The molecular weight excluding hydrogens is 614 g/mol. The maximum atomic E-state index is 13.5. The molecule has 2 aliphatic rings. The van der Waals surface area contributed by atoms with Gasteiger partial charge in [-0.1, -0.05) is 12.1 Å². The molecule has 2 aliphatic heterocycles. The van der Waals surface area contributed by atoms with Crippen LogP contribution >= 0.6 is 23.5 Å². The van der Waals surface area contributed by atoms with E-state index in [9.17, 15) is 34.2 Å². The van der Waals surface area contributed by atoms with E-state index < -0.39 is 46.6 Å². The van der Waals surface area contributed by atoms with E-state index in [4.69, 9.17) is 0 Å². The molecular formula is C26H21N9O7S2. The van der Waals surface area contributed by atoms with Crippen LogP contribution in [0.5, 0.6) is 5.75 Å². The summed E-state index contributed by atoms with van der Waals surface area (Å²) in [7, 11) is 0. The van der Waals surface area contributed by atoms with E-state index in [1.165, 1.54) is 64.8 Å². The summed E-state index contributed by atoms with van der Waals surface area (Å²) in [6.07, 6.45) is 2.56. The topological polar surface area (TPSA) is 225 Å². The zero-order chi connectivity index (χ0) is 31.0. The fourth-order valence-electron chi connectivity index (χ4n) is 4.67. The molecule has 5 heterocycles. The lowest BCUT2D eigenvalue weighted by Gasteiger charge is -2.49. The van der Waals surface area contributed by atoms with Gasteiger partial charge in [0.15, 0.2) is 11.1 Å². The van der Waals surface area contributed by atoms with Crippen LogP contribution in [-0.2, 0) is 14.4 Å². The number of fused-ring (bicyclic) bond motifs is 2.